The highest BCUT2D eigenvalue weighted by molar-refractivity contribution is 7.99. The number of anilines is 1. The largest absolute Gasteiger partial charge is 0.462 e. The third-order valence-electron chi connectivity index (χ3n) is 5.13. The summed E-state index contributed by atoms with van der Waals surface area (Å²) in [6, 6.07) is 14.1. The molecule has 0 radical (unpaired) electrons. The minimum absolute atomic E-state index is 0.0568. The fourth-order valence-electron chi connectivity index (χ4n) is 3.42. The second kappa shape index (κ2) is 11.2. The molecule has 1 N–H and O–H groups in total. The van der Waals surface area contributed by atoms with Gasteiger partial charge < -0.3 is 14.8 Å². The maximum Gasteiger partial charge on any atom is 0.338 e. The Labute approximate surface area is 207 Å². The van der Waals surface area contributed by atoms with E-state index >= 15 is 0 Å². The molecule has 1 aromatic heterocycles. The van der Waals surface area contributed by atoms with Gasteiger partial charge in [-0.25, -0.2) is 19.3 Å². The maximum absolute atomic E-state index is 12.7. The van der Waals surface area contributed by atoms with Crippen LogP contribution in [0.25, 0.3) is 5.69 Å². The van der Waals surface area contributed by atoms with Crippen molar-refractivity contribution in [2.24, 2.45) is 0 Å². The Balaban J connectivity index is 1.46. The Kier molecular flexibility index (Phi) is 7.81. The average molecular weight is 495 g/mol. The van der Waals surface area contributed by atoms with E-state index in [1.165, 1.54) is 30.0 Å². The van der Waals surface area contributed by atoms with E-state index in [4.69, 9.17) is 9.47 Å². The van der Waals surface area contributed by atoms with Crippen LogP contribution >= 0.6 is 11.8 Å². The van der Waals surface area contributed by atoms with Crippen LogP contribution in [0.4, 0.5) is 5.69 Å². The van der Waals surface area contributed by atoms with Gasteiger partial charge in [0.1, 0.15) is 5.82 Å². The summed E-state index contributed by atoms with van der Waals surface area (Å²) in [5.74, 6) is -0.159. The molecule has 0 bridgehead atoms. The van der Waals surface area contributed by atoms with Crippen molar-refractivity contribution in [3.8, 4) is 5.69 Å². The molecule has 1 heterocycles. The summed E-state index contributed by atoms with van der Waals surface area (Å²) in [7, 11) is 0. The van der Waals surface area contributed by atoms with Crippen LogP contribution in [-0.2, 0) is 14.3 Å². The SMILES string of the molecule is CCOC(=O)c1cc(NC(=O)CSc2nc(C3CC3)n(-c3ccccc3)n2)cc(C(=O)OCC)c1. The van der Waals surface area contributed by atoms with Gasteiger partial charge in [-0.1, -0.05) is 30.0 Å². The molecule has 1 saturated carbocycles. The highest BCUT2D eigenvalue weighted by atomic mass is 32.2. The van der Waals surface area contributed by atoms with Crippen molar-refractivity contribution in [1.82, 2.24) is 14.8 Å². The van der Waals surface area contributed by atoms with Crippen LogP contribution in [0.2, 0.25) is 0 Å². The zero-order chi connectivity index (χ0) is 24.8. The van der Waals surface area contributed by atoms with Gasteiger partial charge in [0.15, 0.2) is 0 Å². The molecule has 10 heteroatoms. The number of aromatic nitrogens is 3. The summed E-state index contributed by atoms with van der Waals surface area (Å²) < 4.78 is 11.9. The normalized spacial score (nSPS) is 12.7. The van der Waals surface area contributed by atoms with Crippen LogP contribution in [0.1, 0.15) is 59.1 Å². The monoisotopic (exact) mass is 494 g/mol. The van der Waals surface area contributed by atoms with E-state index in [2.05, 4.69) is 15.4 Å². The third kappa shape index (κ3) is 6.27. The fourth-order valence-corrected chi connectivity index (χ4v) is 4.05. The molecule has 0 saturated heterocycles. The number of amides is 1. The average Bonchev–Trinajstić information content (AvgIpc) is 3.62. The van der Waals surface area contributed by atoms with Gasteiger partial charge in [0.05, 0.1) is 35.8 Å². The van der Waals surface area contributed by atoms with E-state index in [0.717, 1.165) is 24.4 Å². The van der Waals surface area contributed by atoms with Crippen molar-refractivity contribution in [2.45, 2.75) is 37.8 Å². The van der Waals surface area contributed by atoms with Crippen molar-refractivity contribution in [2.75, 3.05) is 24.3 Å². The Morgan fingerprint density at radius 3 is 2.20 bits per heavy atom. The van der Waals surface area contributed by atoms with Gasteiger partial charge in [-0.05, 0) is 57.0 Å². The summed E-state index contributed by atoms with van der Waals surface area (Å²) >= 11 is 1.22. The first-order valence-electron chi connectivity index (χ1n) is 11.4. The lowest BCUT2D eigenvalue weighted by Crippen LogP contribution is -2.16. The second-order valence-corrected chi connectivity index (χ2v) is 8.79. The van der Waals surface area contributed by atoms with Gasteiger partial charge in [-0.15, -0.1) is 5.10 Å². The summed E-state index contributed by atoms with van der Waals surface area (Å²) in [5, 5.41) is 7.85. The van der Waals surface area contributed by atoms with E-state index in [1.54, 1.807) is 13.8 Å². The molecular weight excluding hydrogens is 468 g/mol. The highest BCUT2D eigenvalue weighted by Crippen LogP contribution is 2.40. The first-order chi connectivity index (χ1) is 17.0. The van der Waals surface area contributed by atoms with Crippen LogP contribution in [0.15, 0.2) is 53.7 Å². The lowest BCUT2D eigenvalue weighted by molar-refractivity contribution is -0.113. The predicted molar refractivity (Wildman–Crippen MR) is 131 cm³/mol. The number of thioether (sulfide) groups is 1. The molecule has 4 rings (SSSR count). The minimum Gasteiger partial charge on any atom is -0.462 e. The number of carbonyl (C=O) groups is 3. The Bertz CT molecular complexity index is 1190. The van der Waals surface area contributed by atoms with Gasteiger partial charge in [-0.2, -0.15) is 0 Å². The molecule has 0 atom stereocenters. The number of benzene rings is 2. The molecular formula is C25H26N4O5S. The van der Waals surface area contributed by atoms with Crippen molar-refractivity contribution in [3.63, 3.8) is 0 Å². The van der Waals surface area contributed by atoms with Crippen molar-refractivity contribution < 1.29 is 23.9 Å². The van der Waals surface area contributed by atoms with E-state index in [1.807, 2.05) is 35.0 Å². The molecule has 1 aliphatic rings. The van der Waals surface area contributed by atoms with E-state index in [9.17, 15) is 14.4 Å². The highest BCUT2D eigenvalue weighted by Gasteiger charge is 2.30. The summed E-state index contributed by atoms with van der Waals surface area (Å²) in [4.78, 5) is 41.8. The van der Waals surface area contributed by atoms with Crippen LogP contribution < -0.4 is 5.32 Å². The number of carbonyl (C=O) groups excluding carboxylic acids is 3. The molecule has 0 aliphatic heterocycles. The molecule has 2 aromatic carbocycles. The fraction of sp³-hybridized carbons (Fsp3) is 0.320. The van der Waals surface area contributed by atoms with Crippen molar-refractivity contribution in [1.29, 1.82) is 0 Å². The molecule has 3 aromatic rings. The number of ether oxygens (including phenoxy) is 2. The van der Waals surface area contributed by atoms with Gasteiger partial charge in [-0.3, -0.25) is 4.79 Å². The maximum atomic E-state index is 12.7. The number of rotatable bonds is 10. The summed E-state index contributed by atoms with van der Waals surface area (Å²) in [5.41, 5.74) is 1.53. The number of esters is 2. The van der Waals surface area contributed by atoms with Crippen molar-refractivity contribution >= 4 is 35.3 Å². The number of hydrogen-bond acceptors (Lipinski definition) is 8. The summed E-state index contributed by atoms with van der Waals surface area (Å²) in [6.07, 6.45) is 2.16. The Morgan fingerprint density at radius 1 is 1.00 bits per heavy atom. The summed E-state index contributed by atoms with van der Waals surface area (Å²) in [6.45, 7) is 3.75. The first-order valence-corrected chi connectivity index (χ1v) is 12.4. The number of nitrogens with zero attached hydrogens (tertiary/aromatic N) is 3. The Hall–Kier alpha value is -3.66. The van der Waals surface area contributed by atoms with Crippen LogP contribution in [-0.4, -0.2) is 51.6 Å². The molecule has 35 heavy (non-hydrogen) atoms. The smallest absolute Gasteiger partial charge is 0.338 e. The lowest BCUT2D eigenvalue weighted by atomic mass is 10.1. The van der Waals surface area contributed by atoms with E-state index in [0.29, 0.717) is 16.8 Å². The molecule has 1 amide bonds. The molecule has 0 unspecified atom stereocenters. The van der Waals surface area contributed by atoms with Crippen LogP contribution in [0, 0.1) is 0 Å². The molecule has 0 spiro atoms. The minimum atomic E-state index is -0.591. The van der Waals surface area contributed by atoms with Crippen LogP contribution in [0.3, 0.4) is 0 Å². The standard InChI is InChI=1S/C25H26N4O5S/c1-3-33-23(31)17-12-18(24(32)34-4-2)14-19(13-17)26-21(30)15-35-25-27-22(16-10-11-16)29(28-25)20-8-6-5-7-9-20/h5-9,12-14,16H,3-4,10-11,15H2,1-2H3,(H,26,30). The van der Waals surface area contributed by atoms with Gasteiger partial charge in [0.2, 0.25) is 11.1 Å². The topological polar surface area (TPSA) is 112 Å². The van der Waals surface area contributed by atoms with Crippen molar-refractivity contribution in [3.05, 3.63) is 65.5 Å². The second-order valence-electron chi connectivity index (χ2n) is 7.85. The molecule has 1 aliphatic carbocycles. The predicted octanol–water partition coefficient (Wildman–Crippen LogP) is 4.23. The van der Waals surface area contributed by atoms with Gasteiger partial charge in [0, 0.05) is 11.6 Å². The third-order valence-corrected chi connectivity index (χ3v) is 5.97. The number of para-hydroxylation sites is 1. The molecule has 9 nitrogen and oxygen atoms in total. The number of hydrogen-bond donors (Lipinski definition) is 1. The van der Waals surface area contributed by atoms with E-state index in [-0.39, 0.29) is 36.0 Å². The zero-order valence-electron chi connectivity index (χ0n) is 19.5. The lowest BCUT2D eigenvalue weighted by Gasteiger charge is -2.10. The first kappa shape index (κ1) is 24.5. The van der Waals surface area contributed by atoms with Crippen LogP contribution in [0.5, 0.6) is 0 Å². The van der Waals surface area contributed by atoms with Gasteiger partial charge in [0.25, 0.3) is 0 Å². The molecule has 182 valence electrons. The Morgan fingerprint density at radius 2 is 1.63 bits per heavy atom. The number of nitrogens with one attached hydrogen (secondary N) is 1. The molecule has 1 fully saturated rings. The van der Waals surface area contributed by atoms with Gasteiger partial charge >= 0.3 is 11.9 Å². The zero-order valence-corrected chi connectivity index (χ0v) is 20.3. The van der Waals surface area contributed by atoms with E-state index < -0.39 is 11.9 Å². The quantitative estimate of drug-likeness (QED) is 0.329.